The molecule has 0 saturated heterocycles. The number of ether oxygens (including phenoxy) is 2. The Balaban J connectivity index is 1.47. The average molecular weight is 450 g/mol. The smallest absolute Gasteiger partial charge is 0.332 e. The van der Waals surface area contributed by atoms with Crippen LogP contribution in [0.5, 0.6) is 11.5 Å². The highest BCUT2D eigenvalue weighted by molar-refractivity contribution is 7.86. The Labute approximate surface area is 180 Å². The van der Waals surface area contributed by atoms with Crippen molar-refractivity contribution in [1.29, 1.82) is 0 Å². The van der Waals surface area contributed by atoms with E-state index in [1.807, 2.05) is 38.1 Å². The molecule has 0 bridgehead atoms. The number of aliphatic imine (C=N–C) groups is 2. The van der Waals surface area contributed by atoms with Gasteiger partial charge in [0.05, 0.1) is 18.1 Å². The number of halogens is 1. The van der Waals surface area contributed by atoms with E-state index in [9.17, 15) is 12.3 Å². The molecule has 0 spiro atoms. The third kappa shape index (κ3) is 5.63. The van der Waals surface area contributed by atoms with Gasteiger partial charge in [-0.3, -0.25) is 4.90 Å². The number of nitrogens with zero attached hydrogens (tertiary/aromatic N) is 3. The van der Waals surface area contributed by atoms with E-state index in [0.717, 1.165) is 17.8 Å². The summed E-state index contributed by atoms with van der Waals surface area (Å²) in [5, 5.41) is 0. The van der Waals surface area contributed by atoms with Crippen molar-refractivity contribution in [3.05, 3.63) is 48.5 Å². The first-order chi connectivity index (χ1) is 14.6. The molecule has 0 saturated carbocycles. The second-order valence-corrected chi connectivity index (χ2v) is 8.57. The maximum absolute atomic E-state index is 12.9. The lowest BCUT2D eigenvalue weighted by Crippen LogP contribution is -2.54. The first-order valence-corrected chi connectivity index (χ1v) is 10.8. The van der Waals surface area contributed by atoms with Crippen LogP contribution in [0.3, 0.4) is 0 Å². The molecule has 166 valence electrons. The van der Waals surface area contributed by atoms with Gasteiger partial charge < -0.3 is 20.9 Å². The van der Waals surface area contributed by atoms with Crippen LogP contribution in [-0.4, -0.2) is 39.2 Å². The number of benzene rings is 2. The second kappa shape index (κ2) is 8.80. The third-order valence-corrected chi connectivity index (χ3v) is 5.26. The van der Waals surface area contributed by atoms with Gasteiger partial charge in [0, 0.05) is 12.1 Å². The van der Waals surface area contributed by atoms with Gasteiger partial charge in [-0.05, 0) is 62.4 Å². The van der Waals surface area contributed by atoms with Gasteiger partial charge in [-0.1, -0.05) is 0 Å². The summed E-state index contributed by atoms with van der Waals surface area (Å²) in [4.78, 5) is 9.72. The number of nitrogens with two attached hydrogens (primary N) is 2. The lowest BCUT2D eigenvalue weighted by atomic mass is 10.1. The third-order valence-electron chi connectivity index (χ3n) is 4.42. The highest BCUT2D eigenvalue weighted by Crippen LogP contribution is 2.28. The lowest BCUT2D eigenvalue weighted by molar-refractivity contribution is 0.247. The number of anilines is 1. The van der Waals surface area contributed by atoms with Crippen molar-refractivity contribution in [3.63, 3.8) is 0 Å². The van der Waals surface area contributed by atoms with Gasteiger partial charge in [-0.2, -0.15) is 13.4 Å². The molecule has 11 heteroatoms. The molecule has 31 heavy (non-hydrogen) atoms. The van der Waals surface area contributed by atoms with Crippen LogP contribution >= 0.6 is 0 Å². The molecule has 1 heterocycles. The minimum Gasteiger partial charge on any atom is -0.493 e. The van der Waals surface area contributed by atoms with Crippen LogP contribution in [0.1, 0.15) is 20.3 Å². The summed E-state index contributed by atoms with van der Waals surface area (Å²) in [5.41, 5.74) is 11.9. The molecule has 0 amide bonds. The normalized spacial score (nSPS) is 15.8. The summed E-state index contributed by atoms with van der Waals surface area (Å²) < 4.78 is 45.7. The highest BCUT2D eigenvalue weighted by Gasteiger charge is 2.32. The molecule has 1 aliphatic rings. The lowest BCUT2D eigenvalue weighted by Gasteiger charge is -2.38. The first-order valence-electron chi connectivity index (χ1n) is 9.46. The molecular weight excluding hydrogens is 425 g/mol. The van der Waals surface area contributed by atoms with E-state index in [1.54, 1.807) is 4.90 Å². The van der Waals surface area contributed by atoms with Crippen LogP contribution < -0.4 is 25.8 Å². The van der Waals surface area contributed by atoms with Gasteiger partial charge in [-0.25, -0.2) is 4.99 Å². The van der Waals surface area contributed by atoms with Crippen molar-refractivity contribution < 1.29 is 21.8 Å². The highest BCUT2D eigenvalue weighted by atomic mass is 32.3. The zero-order chi connectivity index (χ0) is 22.6. The van der Waals surface area contributed by atoms with E-state index in [-0.39, 0.29) is 11.9 Å². The molecule has 1 aliphatic heterocycles. The summed E-state index contributed by atoms with van der Waals surface area (Å²) in [6, 6.07) is 12.5. The second-order valence-electron chi connectivity index (χ2n) is 7.22. The maximum Gasteiger partial charge on any atom is 0.332 e. The molecule has 0 fully saturated rings. The fraction of sp³-hybridized carbons (Fsp3) is 0.300. The monoisotopic (exact) mass is 449 g/mol. The number of rotatable bonds is 8. The molecule has 2 aromatic carbocycles. The summed E-state index contributed by atoms with van der Waals surface area (Å²) in [6.45, 7) is 4.54. The number of hydrogen-bond donors (Lipinski definition) is 2. The zero-order valence-electron chi connectivity index (χ0n) is 17.2. The van der Waals surface area contributed by atoms with Gasteiger partial charge in [0.25, 0.3) is 0 Å². The van der Waals surface area contributed by atoms with Crippen molar-refractivity contribution in [2.45, 2.75) is 30.8 Å². The van der Waals surface area contributed by atoms with E-state index in [0.29, 0.717) is 31.1 Å². The topological polar surface area (TPSA) is 133 Å². The summed E-state index contributed by atoms with van der Waals surface area (Å²) in [7, 11) is -4.71. The quantitative estimate of drug-likeness (QED) is 0.467. The van der Waals surface area contributed by atoms with Crippen LogP contribution in [-0.2, 0) is 10.2 Å². The minimum absolute atomic E-state index is 0.143. The molecule has 9 nitrogen and oxygen atoms in total. The van der Waals surface area contributed by atoms with Crippen molar-refractivity contribution in [2.24, 2.45) is 21.5 Å². The molecular formula is C20H24FN5O4S. The predicted octanol–water partition coefficient (Wildman–Crippen LogP) is 2.38. The Hall–Kier alpha value is -3.34. The standard InChI is InChI=1S/C20H24FN5O4S/c1-20(2)25-18(22)24-19(23)26(20)14-4-6-15(7-5-14)29-12-3-13-30-16-8-10-17(11-9-16)31(21,27)28/h4-11H,3,12-13H2,1-2H3,(H4,22,23,24,25). The van der Waals surface area contributed by atoms with E-state index >= 15 is 0 Å². The first kappa shape index (κ1) is 22.3. The molecule has 0 atom stereocenters. The zero-order valence-corrected chi connectivity index (χ0v) is 18.0. The molecule has 0 aromatic heterocycles. The fourth-order valence-electron chi connectivity index (χ4n) is 3.08. The summed E-state index contributed by atoms with van der Waals surface area (Å²) in [6.07, 6.45) is 0.595. The Bertz CT molecular complexity index is 1080. The molecule has 3 rings (SSSR count). The molecule has 0 radical (unpaired) electrons. The van der Waals surface area contributed by atoms with Crippen molar-refractivity contribution in [3.8, 4) is 11.5 Å². The molecule has 4 N–H and O–H groups in total. The van der Waals surface area contributed by atoms with Crippen LogP contribution in [0, 0.1) is 0 Å². The average Bonchev–Trinajstić information content (AvgIpc) is 2.67. The Morgan fingerprint density at radius 3 is 1.97 bits per heavy atom. The maximum atomic E-state index is 12.9. The predicted molar refractivity (Wildman–Crippen MR) is 117 cm³/mol. The largest absolute Gasteiger partial charge is 0.493 e. The van der Waals surface area contributed by atoms with E-state index < -0.39 is 20.8 Å². The van der Waals surface area contributed by atoms with Crippen LogP contribution in [0.25, 0.3) is 0 Å². The van der Waals surface area contributed by atoms with Gasteiger partial charge >= 0.3 is 10.2 Å². The summed E-state index contributed by atoms with van der Waals surface area (Å²) >= 11 is 0. The summed E-state index contributed by atoms with van der Waals surface area (Å²) in [5.74, 6) is 1.53. The number of guanidine groups is 2. The van der Waals surface area contributed by atoms with Gasteiger partial charge in [0.15, 0.2) is 0 Å². The van der Waals surface area contributed by atoms with Crippen molar-refractivity contribution in [1.82, 2.24) is 0 Å². The van der Waals surface area contributed by atoms with Crippen molar-refractivity contribution in [2.75, 3.05) is 18.1 Å². The van der Waals surface area contributed by atoms with Crippen LogP contribution in [0.2, 0.25) is 0 Å². The van der Waals surface area contributed by atoms with Gasteiger partial charge in [0.2, 0.25) is 11.9 Å². The molecule has 0 aliphatic carbocycles. The van der Waals surface area contributed by atoms with Crippen molar-refractivity contribution >= 4 is 27.8 Å². The van der Waals surface area contributed by atoms with E-state index in [1.165, 1.54) is 12.1 Å². The fourth-order valence-corrected chi connectivity index (χ4v) is 3.54. The van der Waals surface area contributed by atoms with E-state index in [2.05, 4.69) is 9.98 Å². The Morgan fingerprint density at radius 1 is 0.968 bits per heavy atom. The van der Waals surface area contributed by atoms with Gasteiger partial charge in [-0.15, -0.1) is 3.89 Å². The van der Waals surface area contributed by atoms with Crippen LogP contribution in [0.4, 0.5) is 9.57 Å². The SMILES string of the molecule is CC1(C)N=C(N)N=C(N)N1c1ccc(OCCCOc2ccc(S(=O)(=O)F)cc2)cc1. The van der Waals surface area contributed by atoms with Gasteiger partial charge in [0.1, 0.15) is 17.2 Å². The Morgan fingerprint density at radius 2 is 1.48 bits per heavy atom. The Kier molecular flexibility index (Phi) is 6.34. The number of hydrogen-bond acceptors (Lipinski definition) is 9. The minimum atomic E-state index is -4.71. The molecule has 0 unspecified atom stereocenters. The van der Waals surface area contributed by atoms with Crippen LogP contribution in [0.15, 0.2) is 63.4 Å². The van der Waals surface area contributed by atoms with E-state index in [4.69, 9.17) is 20.9 Å². The molecule has 2 aromatic rings.